The molecule has 0 radical (unpaired) electrons. The largest absolute Gasteiger partial charge is 0.466 e. The van der Waals surface area contributed by atoms with Crippen LogP contribution in [0.2, 0.25) is 0 Å². The highest BCUT2D eigenvalue weighted by Gasteiger charge is 2.35. The quantitative estimate of drug-likeness (QED) is 0.765. The number of rotatable bonds is 4. The first-order valence-corrected chi connectivity index (χ1v) is 9.38. The number of nitrogens with zero attached hydrogens (tertiary/aromatic N) is 2. The molecule has 2 fully saturated rings. The number of carbonyl (C=O) groups is 3. The fraction of sp³-hybridized carbons (Fsp3) is 0.632. The van der Waals surface area contributed by atoms with Gasteiger partial charge in [0.15, 0.2) is 5.76 Å². The van der Waals surface area contributed by atoms with Gasteiger partial charge in [-0.1, -0.05) is 0 Å². The molecule has 0 N–H and O–H groups in total. The minimum atomic E-state index is -0.215. The highest BCUT2D eigenvalue weighted by Crippen LogP contribution is 2.25. The van der Waals surface area contributed by atoms with Crippen molar-refractivity contribution in [2.75, 3.05) is 32.8 Å². The van der Waals surface area contributed by atoms with Crippen molar-refractivity contribution in [2.24, 2.45) is 11.8 Å². The lowest BCUT2D eigenvalue weighted by molar-refractivity contribution is -0.152. The van der Waals surface area contributed by atoms with E-state index in [4.69, 9.17) is 9.15 Å². The Morgan fingerprint density at radius 2 is 1.88 bits per heavy atom. The molecule has 142 valence electrons. The van der Waals surface area contributed by atoms with Crippen LogP contribution >= 0.6 is 0 Å². The Kier molecular flexibility index (Phi) is 5.96. The predicted molar refractivity (Wildman–Crippen MR) is 93.3 cm³/mol. The summed E-state index contributed by atoms with van der Waals surface area (Å²) in [6, 6.07) is 3.35. The molecule has 2 amide bonds. The Balaban J connectivity index is 1.51. The van der Waals surface area contributed by atoms with Crippen LogP contribution in [0.25, 0.3) is 0 Å². The maximum atomic E-state index is 12.8. The van der Waals surface area contributed by atoms with Gasteiger partial charge in [-0.05, 0) is 44.7 Å². The molecule has 3 rings (SSSR count). The number of furan rings is 1. The van der Waals surface area contributed by atoms with Gasteiger partial charge in [0.1, 0.15) is 0 Å². The van der Waals surface area contributed by atoms with Crippen LogP contribution in [-0.2, 0) is 14.3 Å². The highest BCUT2D eigenvalue weighted by atomic mass is 16.5. The van der Waals surface area contributed by atoms with E-state index in [2.05, 4.69) is 0 Å². The van der Waals surface area contributed by atoms with Crippen LogP contribution in [0.1, 0.15) is 43.2 Å². The fourth-order valence-electron chi connectivity index (χ4n) is 3.77. The minimum Gasteiger partial charge on any atom is -0.466 e. The number of hydrogen-bond donors (Lipinski definition) is 0. The van der Waals surface area contributed by atoms with Crippen molar-refractivity contribution in [1.29, 1.82) is 0 Å². The lowest BCUT2D eigenvalue weighted by Crippen LogP contribution is -2.48. The van der Waals surface area contributed by atoms with Crippen LogP contribution in [0, 0.1) is 11.8 Å². The molecule has 0 spiro atoms. The van der Waals surface area contributed by atoms with Crippen molar-refractivity contribution in [3.8, 4) is 0 Å². The summed E-state index contributed by atoms with van der Waals surface area (Å²) in [5, 5.41) is 0. The van der Waals surface area contributed by atoms with Crippen LogP contribution in [0.3, 0.4) is 0 Å². The molecule has 1 aromatic heterocycles. The van der Waals surface area contributed by atoms with E-state index in [1.54, 1.807) is 28.9 Å². The lowest BCUT2D eigenvalue weighted by atomic mass is 9.92. The molecule has 7 nitrogen and oxygen atoms in total. The zero-order chi connectivity index (χ0) is 18.5. The average molecular weight is 362 g/mol. The highest BCUT2D eigenvalue weighted by molar-refractivity contribution is 5.91. The Labute approximate surface area is 153 Å². The summed E-state index contributed by atoms with van der Waals surface area (Å²) in [5.74, 6) is -0.192. The molecule has 0 aromatic carbocycles. The standard InChI is InChI=1S/C19H26N2O5/c1-2-25-19(24)15-5-3-9-21(13-15)17(22)14-7-10-20(11-8-14)18(23)16-6-4-12-26-16/h4,6,12,14-15H,2-3,5,7-11,13H2,1H3/t15-/m0/s1. The zero-order valence-corrected chi connectivity index (χ0v) is 15.2. The van der Waals surface area contributed by atoms with Gasteiger partial charge < -0.3 is 19.0 Å². The van der Waals surface area contributed by atoms with Gasteiger partial charge in [0.05, 0.1) is 18.8 Å². The van der Waals surface area contributed by atoms with Gasteiger partial charge in [0.25, 0.3) is 5.91 Å². The van der Waals surface area contributed by atoms with E-state index < -0.39 is 0 Å². The molecule has 0 bridgehead atoms. The van der Waals surface area contributed by atoms with Gasteiger partial charge >= 0.3 is 5.97 Å². The maximum absolute atomic E-state index is 12.8. The second-order valence-corrected chi connectivity index (χ2v) is 6.92. The summed E-state index contributed by atoms with van der Waals surface area (Å²) >= 11 is 0. The molecule has 2 aliphatic heterocycles. The molecule has 2 aliphatic rings. The molecule has 1 atom stereocenters. The average Bonchev–Trinajstić information content (AvgIpc) is 3.22. The van der Waals surface area contributed by atoms with Gasteiger partial charge in [0, 0.05) is 32.1 Å². The van der Waals surface area contributed by atoms with E-state index in [1.807, 2.05) is 0 Å². The Morgan fingerprint density at radius 1 is 1.12 bits per heavy atom. The van der Waals surface area contributed by atoms with E-state index >= 15 is 0 Å². The number of amides is 2. The van der Waals surface area contributed by atoms with Gasteiger partial charge in [0.2, 0.25) is 5.91 Å². The molecule has 7 heteroatoms. The molecule has 0 unspecified atom stereocenters. The molecular formula is C19H26N2O5. The lowest BCUT2D eigenvalue weighted by Gasteiger charge is -2.37. The number of hydrogen-bond acceptors (Lipinski definition) is 5. The van der Waals surface area contributed by atoms with Gasteiger partial charge in [-0.2, -0.15) is 0 Å². The second kappa shape index (κ2) is 8.38. The molecular weight excluding hydrogens is 336 g/mol. The number of ether oxygens (including phenoxy) is 1. The molecule has 26 heavy (non-hydrogen) atoms. The number of piperidine rings is 2. The number of likely N-dealkylation sites (tertiary alicyclic amines) is 2. The SMILES string of the molecule is CCOC(=O)[C@H]1CCCN(C(=O)C2CCN(C(=O)c3ccco3)CC2)C1. The second-order valence-electron chi connectivity index (χ2n) is 6.92. The number of carbonyl (C=O) groups excluding carboxylic acids is 3. The van der Waals surface area contributed by atoms with Crippen LogP contribution in [0.15, 0.2) is 22.8 Å². The van der Waals surface area contributed by atoms with Crippen molar-refractivity contribution in [3.05, 3.63) is 24.2 Å². The van der Waals surface area contributed by atoms with Crippen molar-refractivity contribution >= 4 is 17.8 Å². The normalized spacial score (nSPS) is 21.5. The summed E-state index contributed by atoms with van der Waals surface area (Å²) in [7, 11) is 0. The van der Waals surface area contributed by atoms with E-state index in [1.165, 1.54) is 6.26 Å². The van der Waals surface area contributed by atoms with Crippen LogP contribution < -0.4 is 0 Å². The third-order valence-corrected chi connectivity index (χ3v) is 5.22. The first-order chi connectivity index (χ1) is 12.6. The number of esters is 1. The van der Waals surface area contributed by atoms with Gasteiger partial charge in [-0.15, -0.1) is 0 Å². The van der Waals surface area contributed by atoms with Crippen molar-refractivity contribution in [1.82, 2.24) is 9.80 Å². The maximum Gasteiger partial charge on any atom is 0.310 e. The predicted octanol–water partition coefficient (Wildman–Crippen LogP) is 1.93. The molecule has 0 saturated carbocycles. The Hall–Kier alpha value is -2.31. The summed E-state index contributed by atoms with van der Waals surface area (Å²) in [5.41, 5.74) is 0. The molecule has 3 heterocycles. The minimum absolute atomic E-state index is 0.0865. The Morgan fingerprint density at radius 3 is 2.54 bits per heavy atom. The van der Waals surface area contributed by atoms with E-state index in [0.29, 0.717) is 51.4 Å². The van der Waals surface area contributed by atoms with E-state index in [-0.39, 0.29) is 29.6 Å². The smallest absolute Gasteiger partial charge is 0.310 e. The third kappa shape index (κ3) is 4.08. The first kappa shape index (κ1) is 18.5. The summed E-state index contributed by atoms with van der Waals surface area (Å²) < 4.78 is 10.3. The molecule has 1 aromatic rings. The molecule has 0 aliphatic carbocycles. The van der Waals surface area contributed by atoms with Crippen molar-refractivity contribution in [2.45, 2.75) is 32.6 Å². The zero-order valence-electron chi connectivity index (χ0n) is 15.2. The van der Waals surface area contributed by atoms with Gasteiger partial charge in [-0.3, -0.25) is 14.4 Å². The van der Waals surface area contributed by atoms with Crippen molar-refractivity contribution < 1.29 is 23.5 Å². The van der Waals surface area contributed by atoms with Crippen molar-refractivity contribution in [3.63, 3.8) is 0 Å². The van der Waals surface area contributed by atoms with E-state index in [0.717, 1.165) is 12.8 Å². The molecule has 2 saturated heterocycles. The van der Waals surface area contributed by atoms with Crippen LogP contribution in [-0.4, -0.2) is 60.4 Å². The Bertz CT molecular complexity index is 634. The topological polar surface area (TPSA) is 80.1 Å². The summed E-state index contributed by atoms with van der Waals surface area (Å²) in [6.07, 6.45) is 4.38. The first-order valence-electron chi connectivity index (χ1n) is 9.38. The third-order valence-electron chi connectivity index (χ3n) is 5.22. The monoisotopic (exact) mass is 362 g/mol. The van der Waals surface area contributed by atoms with Crippen LogP contribution in [0.5, 0.6) is 0 Å². The van der Waals surface area contributed by atoms with Crippen LogP contribution in [0.4, 0.5) is 0 Å². The van der Waals surface area contributed by atoms with E-state index in [9.17, 15) is 14.4 Å². The summed E-state index contributed by atoms with van der Waals surface area (Å²) in [6.45, 7) is 4.40. The fourth-order valence-corrected chi connectivity index (χ4v) is 3.77. The van der Waals surface area contributed by atoms with Gasteiger partial charge in [-0.25, -0.2) is 0 Å². The summed E-state index contributed by atoms with van der Waals surface area (Å²) in [4.78, 5) is 40.6.